The Balaban J connectivity index is 1.59. The van der Waals surface area contributed by atoms with Gasteiger partial charge in [0.05, 0.1) is 18.2 Å². The maximum absolute atomic E-state index is 12.5. The Labute approximate surface area is 139 Å². The van der Waals surface area contributed by atoms with Gasteiger partial charge in [-0.25, -0.2) is 0 Å². The van der Waals surface area contributed by atoms with Crippen LogP contribution in [0.3, 0.4) is 0 Å². The highest BCUT2D eigenvalue weighted by Gasteiger charge is 2.35. The summed E-state index contributed by atoms with van der Waals surface area (Å²) >= 11 is 1.62. The van der Waals surface area contributed by atoms with Crippen LogP contribution in [0.4, 0.5) is 0 Å². The maximum atomic E-state index is 12.5. The highest BCUT2D eigenvalue weighted by atomic mass is 32.1. The molecule has 1 aliphatic rings. The van der Waals surface area contributed by atoms with Crippen LogP contribution in [0.15, 0.2) is 41.2 Å². The summed E-state index contributed by atoms with van der Waals surface area (Å²) in [5, 5.41) is 4.04. The second-order valence-corrected chi connectivity index (χ2v) is 6.60. The molecule has 1 atom stereocenters. The molecule has 3 heterocycles. The van der Waals surface area contributed by atoms with E-state index in [2.05, 4.69) is 4.98 Å². The van der Waals surface area contributed by atoms with Crippen molar-refractivity contribution in [3.8, 4) is 0 Å². The van der Waals surface area contributed by atoms with Gasteiger partial charge < -0.3 is 9.80 Å². The van der Waals surface area contributed by atoms with Crippen molar-refractivity contribution in [3.63, 3.8) is 0 Å². The summed E-state index contributed by atoms with van der Waals surface area (Å²) in [7, 11) is 1.80. The van der Waals surface area contributed by atoms with E-state index in [1.807, 2.05) is 35.0 Å². The van der Waals surface area contributed by atoms with Crippen LogP contribution in [-0.2, 0) is 22.7 Å². The number of amides is 2. The predicted molar refractivity (Wildman–Crippen MR) is 88.6 cm³/mol. The van der Waals surface area contributed by atoms with E-state index in [9.17, 15) is 9.59 Å². The number of hydrogen-bond acceptors (Lipinski definition) is 4. The highest BCUT2D eigenvalue weighted by Crippen LogP contribution is 2.22. The van der Waals surface area contributed by atoms with Gasteiger partial charge >= 0.3 is 0 Å². The molecule has 2 aromatic rings. The molecule has 6 heteroatoms. The molecule has 3 rings (SSSR count). The number of likely N-dealkylation sites (tertiary alicyclic amines) is 1. The van der Waals surface area contributed by atoms with E-state index >= 15 is 0 Å². The smallest absolute Gasteiger partial charge is 0.228 e. The molecule has 2 aromatic heterocycles. The van der Waals surface area contributed by atoms with Crippen molar-refractivity contribution in [2.24, 2.45) is 5.92 Å². The first-order chi connectivity index (χ1) is 11.1. The fourth-order valence-corrected chi connectivity index (χ4v) is 3.48. The summed E-state index contributed by atoms with van der Waals surface area (Å²) in [5.74, 6) is -0.194. The van der Waals surface area contributed by atoms with Crippen LogP contribution in [0.5, 0.6) is 0 Å². The van der Waals surface area contributed by atoms with Gasteiger partial charge in [0.1, 0.15) is 0 Å². The van der Waals surface area contributed by atoms with Crippen molar-refractivity contribution >= 4 is 23.2 Å². The van der Waals surface area contributed by atoms with Gasteiger partial charge in [-0.2, -0.15) is 11.3 Å². The molecule has 0 radical (unpaired) electrons. The quantitative estimate of drug-likeness (QED) is 0.844. The summed E-state index contributed by atoms with van der Waals surface area (Å²) in [4.78, 5) is 32.4. The fourth-order valence-electron chi connectivity index (χ4n) is 2.82. The van der Waals surface area contributed by atoms with Crippen LogP contribution in [0.2, 0.25) is 0 Å². The molecule has 0 N–H and O–H groups in total. The number of pyridine rings is 1. The Bertz CT molecular complexity index is 672. The second kappa shape index (κ2) is 6.91. The molecule has 2 amide bonds. The standard InChI is InChI=1S/C17H19N3O2S/c1-19(9-13-5-7-23-12-13)17(22)14-8-16(21)20(10-14)11-15-4-2-3-6-18-15/h2-7,12,14H,8-11H2,1H3/t14-/m1/s1. The van der Waals surface area contributed by atoms with Gasteiger partial charge in [-0.05, 0) is 34.5 Å². The van der Waals surface area contributed by atoms with E-state index in [4.69, 9.17) is 0 Å². The van der Waals surface area contributed by atoms with Crippen molar-refractivity contribution in [2.45, 2.75) is 19.5 Å². The average molecular weight is 329 g/mol. The number of aromatic nitrogens is 1. The molecule has 120 valence electrons. The van der Waals surface area contributed by atoms with Crippen LogP contribution in [0.1, 0.15) is 17.7 Å². The molecule has 0 aliphatic carbocycles. The molecule has 0 unspecified atom stereocenters. The Morgan fingerprint density at radius 2 is 2.30 bits per heavy atom. The van der Waals surface area contributed by atoms with Crippen molar-refractivity contribution in [1.82, 2.24) is 14.8 Å². The van der Waals surface area contributed by atoms with Gasteiger partial charge in [-0.3, -0.25) is 14.6 Å². The number of rotatable bonds is 5. The zero-order valence-corrected chi connectivity index (χ0v) is 13.8. The van der Waals surface area contributed by atoms with E-state index in [1.165, 1.54) is 0 Å². The molecule has 1 aliphatic heterocycles. The molecular weight excluding hydrogens is 310 g/mol. The number of nitrogens with zero attached hydrogens (tertiary/aromatic N) is 3. The van der Waals surface area contributed by atoms with E-state index in [-0.39, 0.29) is 17.7 Å². The van der Waals surface area contributed by atoms with E-state index in [0.717, 1.165) is 11.3 Å². The van der Waals surface area contributed by atoms with Crippen LogP contribution in [0, 0.1) is 5.92 Å². The van der Waals surface area contributed by atoms with Gasteiger partial charge in [0.2, 0.25) is 11.8 Å². The molecule has 0 bridgehead atoms. The molecule has 0 aromatic carbocycles. The second-order valence-electron chi connectivity index (χ2n) is 5.82. The lowest BCUT2D eigenvalue weighted by Crippen LogP contribution is -2.34. The van der Waals surface area contributed by atoms with Crippen molar-refractivity contribution in [1.29, 1.82) is 0 Å². The van der Waals surface area contributed by atoms with Gasteiger partial charge in [0.25, 0.3) is 0 Å². The lowest BCUT2D eigenvalue weighted by Gasteiger charge is -2.21. The van der Waals surface area contributed by atoms with Crippen LogP contribution < -0.4 is 0 Å². The van der Waals surface area contributed by atoms with Crippen molar-refractivity contribution in [2.75, 3.05) is 13.6 Å². The zero-order chi connectivity index (χ0) is 16.2. The SMILES string of the molecule is CN(Cc1ccsc1)C(=O)[C@@H]1CC(=O)N(Cc2ccccn2)C1. The minimum Gasteiger partial charge on any atom is -0.341 e. The maximum Gasteiger partial charge on any atom is 0.228 e. The third-order valence-corrected chi connectivity index (χ3v) is 4.75. The van der Waals surface area contributed by atoms with Gasteiger partial charge in [-0.1, -0.05) is 6.07 Å². The van der Waals surface area contributed by atoms with E-state index < -0.39 is 0 Å². The van der Waals surface area contributed by atoms with E-state index in [0.29, 0.717) is 26.1 Å². The predicted octanol–water partition coefficient (Wildman–Crippen LogP) is 2.15. The van der Waals surface area contributed by atoms with Crippen LogP contribution in [0.25, 0.3) is 0 Å². The summed E-state index contributed by atoms with van der Waals surface area (Å²) in [6.45, 7) is 1.53. The zero-order valence-electron chi connectivity index (χ0n) is 13.0. The van der Waals surface area contributed by atoms with E-state index in [1.54, 1.807) is 34.4 Å². The normalized spacial score (nSPS) is 17.5. The number of thiophene rings is 1. The minimum atomic E-state index is -0.255. The van der Waals surface area contributed by atoms with Crippen LogP contribution in [-0.4, -0.2) is 40.2 Å². The third kappa shape index (κ3) is 3.76. The molecule has 0 spiro atoms. The molecule has 0 saturated carbocycles. The van der Waals surface area contributed by atoms with Gasteiger partial charge in [0.15, 0.2) is 0 Å². The monoisotopic (exact) mass is 329 g/mol. The first-order valence-electron chi connectivity index (χ1n) is 7.57. The van der Waals surface area contributed by atoms with Gasteiger partial charge in [0, 0.05) is 32.8 Å². The average Bonchev–Trinajstić information content (AvgIpc) is 3.18. The highest BCUT2D eigenvalue weighted by molar-refractivity contribution is 7.07. The molecular formula is C17H19N3O2S. The first-order valence-corrected chi connectivity index (χ1v) is 8.51. The topological polar surface area (TPSA) is 53.5 Å². The molecule has 1 fully saturated rings. The summed E-state index contributed by atoms with van der Waals surface area (Å²) in [5.41, 5.74) is 1.97. The Morgan fingerprint density at radius 3 is 3.00 bits per heavy atom. The third-order valence-electron chi connectivity index (χ3n) is 4.02. The first kappa shape index (κ1) is 15.7. The Morgan fingerprint density at radius 1 is 1.43 bits per heavy atom. The van der Waals surface area contributed by atoms with Crippen molar-refractivity contribution in [3.05, 3.63) is 52.5 Å². The Kier molecular flexibility index (Phi) is 4.71. The number of carbonyl (C=O) groups is 2. The Hall–Kier alpha value is -2.21. The van der Waals surface area contributed by atoms with Gasteiger partial charge in [-0.15, -0.1) is 0 Å². The molecule has 23 heavy (non-hydrogen) atoms. The minimum absolute atomic E-state index is 0.0259. The number of carbonyl (C=O) groups excluding carboxylic acids is 2. The molecule has 1 saturated heterocycles. The van der Waals surface area contributed by atoms with Crippen LogP contribution >= 0.6 is 11.3 Å². The summed E-state index contributed by atoms with van der Waals surface area (Å²) in [6.07, 6.45) is 2.01. The van der Waals surface area contributed by atoms with Crippen molar-refractivity contribution < 1.29 is 9.59 Å². The summed E-state index contributed by atoms with van der Waals surface area (Å²) < 4.78 is 0. The lowest BCUT2D eigenvalue weighted by molar-refractivity contribution is -0.135. The molecule has 5 nitrogen and oxygen atoms in total. The lowest BCUT2D eigenvalue weighted by atomic mass is 10.1. The fraction of sp³-hybridized carbons (Fsp3) is 0.353. The largest absolute Gasteiger partial charge is 0.341 e. The summed E-state index contributed by atoms with van der Waals surface area (Å²) in [6, 6.07) is 7.66. The number of hydrogen-bond donors (Lipinski definition) is 0.